The van der Waals surface area contributed by atoms with Gasteiger partial charge in [0.1, 0.15) is 6.04 Å². The molecule has 6 heteroatoms. The molecule has 21 heavy (non-hydrogen) atoms. The Bertz CT molecular complexity index is 352. The van der Waals surface area contributed by atoms with Crippen molar-refractivity contribution in [1.82, 2.24) is 5.32 Å². The lowest BCUT2D eigenvalue weighted by Gasteiger charge is -2.43. The van der Waals surface area contributed by atoms with Crippen LogP contribution in [0.4, 0.5) is 0 Å². The predicted octanol–water partition coefficient (Wildman–Crippen LogP) is 2.19. The maximum atomic E-state index is 11.0. The second kappa shape index (κ2) is 8.03. The average molecular weight is 315 g/mol. The van der Waals surface area contributed by atoms with Crippen LogP contribution in [0.5, 0.6) is 0 Å². The van der Waals surface area contributed by atoms with E-state index in [9.17, 15) is 9.59 Å². The largest absolute Gasteiger partial charge is 0.480 e. The monoisotopic (exact) mass is 315 g/mol. The van der Waals surface area contributed by atoms with Gasteiger partial charge in [-0.3, -0.25) is 4.79 Å². The van der Waals surface area contributed by atoms with Gasteiger partial charge in [0.05, 0.1) is 5.60 Å². The van der Waals surface area contributed by atoms with Gasteiger partial charge in [0.15, 0.2) is 0 Å². The number of thioether (sulfide) groups is 1. The van der Waals surface area contributed by atoms with Crippen molar-refractivity contribution in [2.75, 3.05) is 12.4 Å². The van der Waals surface area contributed by atoms with E-state index in [4.69, 9.17) is 9.84 Å². The molecule has 1 heterocycles. The maximum Gasteiger partial charge on any atom is 0.326 e. The molecule has 1 amide bonds. The minimum absolute atomic E-state index is 0.0986. The number of carbonyl (C=O) groups excluding carboxylic acids is 1. The van der Waals surface area contributed by atoms with Gasteiger partial charge in [0.25, 0.3) is 0 Å². The molecule has 2 aliphatic rings. The van der Waals surface area contributed by atoms with Gasteiger partial charge in [0.2, 0.25) is 6.41 Å². The third kappa shape index (κ3) is 4.88. The number of hydrogen-bond donors (Lipinski definition) is 2. The van der Waals surface area contributed by atoms with Gasteiger partial charge in [-0.2, -0.15) is 11.8 Å². The summed E-state index contributed by atoms with van der Waals surface area (Å²) >= 11 is 1.84. The molecule has 0 aromatic heterocycles. The molecule has 120 valence electrons. The van der Waals surface area contributed by atoms with Gasteiger partial charge in [0, 0.05) is 11.9 Å². The zero-order chi connectivity index (χ0) is 15.1. The van der Waals surface area contributed by atoms with Crippen LogP contribution in [0.1, 0.15) is 51.4 Å². The van der Waals surface area contributed by atoms with Crippen LogP contribution in [-0.2, 0) is 14.3 Å². The second-order valence-electron chi connectivity index (χ2n) is 6.04. The summed E-state index contributed by atoms with van der Waals surface area (Å²) in [5, 5.41) is 11.9. The van der Waals surface area contributed by atoms with Gasteiger partial charge in [-0.25, -0.2) is 4.79 Å². The molecule has 1 saturated carbocycles. The van der Waals surface area contributed by atoms with E-state index in [0.717, 1.165) is 25.2 Å². The topological polar surface area (TPSA) is 75.6 Å². The molecular weight excluding hydrogens is 290 g/mol. The fourth-order valence-corrected chi connectivity index (χ4v) is 4.77. The molecule has 1 spiro atoms. The number of carboxylic acid groups (broad SMARTS) is 1. The second-order valence-corrected chi connectivity index (χ2v) is 7.45. The summed E-state index contributed by atoms with van der Waals surface area (Å²) in [6, 6.07) is -0.765. The molecule has 0 bridgehead atoms. The van der Waals surface area contributed by atoms with E-state index in [0.29, 0.717) is 18.1 Å². The van der Waals surface area contributed by atoms with Gasteiger partial charge in [-0.05, 0) is 37.9 Å². The lowest BCUT2D eigenvalue weighted by molar-refractivity contribution is -0.140. The fourth-order valence-electron chi connectivity index (χ4n) is 3.38. The van der Waals surface area contributed by atoms with Gasteiger partial charge < -0.3 is 15.2 Å². The minimum Gasteiger partial charge on any atom is -0.480 e. The van der Waals surface area contributed by atoms with Crippen LogP contribution in [0.3, 0.4) is 0 Å². The number of amides is 1. The molecule has 1 aliphatic heterocycles. The standard InChI is InChI=1S/C15H25NO4S/c17-11-16-13(14(18)19)5-9-21-12-4-8-20-15(10-12)6-2-1-3-7-15/h11-13H,1-10H2,(H,16,17)(H,18,19). The molecule has 0 radical (unpaired) electrons. The first-order valence-electron chi connectivity index (χ1n) is 7.83. The number of carboxylic acids is 1. The SMILES string of the molecule is O=CNC(CCSC1CCOC2(CCCCC2)C1)C(=O)O. The van der Waals surface area contributed by atoms with Crippen LogP contribution < -0.4 is 5.32 Å². The Morgan fingerprint density at radius 1 is 1.43 bits per heavy atom. The van der Waals surface area contributed by atoms with Crippen molar-refractivity contribution in [3.63, 3.8) is 0 Å². The molecule has 5 nitrogen and oxygen atoms in total. The first-order valence-corrected chi connectivity index (χ1v) is 8.88. The van der Waals surface area contributed by atoms with Crippen LogP contribution in [0.15, 0.2) is 0 Å². The molecule has 0 aromatic rings. The Kier molecular flexibility index (Phi) is 6.36. The lowest BCUT2D eigenvalue weighted by Crippen LogP contribution is -2.42. The highest BCUT2D eigenvalue weighted by molar-refractivity contribution is 7.99. The Hall–Kier alpha value is -0.750. The van der Waals surface area contributed by atoms with Crippen molar-refractivity contribution in [3.05, 3.63) is 0 Å². The molecule has 1 aliphatic carbocycles. The highest BCUT2D eigenvalue weighted by atomic mass is 32.2. The third-order valence-corrected chi connectivity index (χ3v) is 5.89. The van der Waals surface area contributed by atoms with Crippen LogP contribution in [-0.4, -0.2) is 46.7 Å². The summed E-state index contributed by atoms with van der Waals surface area (Å²) in [5.41, 5.74) is 0.0986. The molecule has 2 atom stereocenters. The number of nitrogens with one attached hydrogen (secondary N) is 1. The zero-order valence-electron chi connectivity index (χ0n) is 12.4. The average Bonchev–Trinajstić information content (AvgIpc) is 2.47. The number of carbonyl (C=O) groups is 2. The van der Waals surface area contributed by atoms with Gasteiger partial charge in [-0.15, -0.1) is 0 Å². The van der Waals surface area contributed by atoms with Crippen molar-refractivity contribution < 1.29 is 19.4 Å². The molecule has 2 rings (SSSR count). The zero-order valence-corrected chi connectivity index (χ0v) is 13.2. The van der Waals surface area contributed by atoms with Crippen LogP contribution in [0.2, 0.25) is 0 Å². The Morgan fingerprint density at radius 2 is 2.19 bits per heavy atom. The summed E-state index contributed by atoms with van der Waals surface area (Å²) in [6.07, 6.45) is 9.28. The number of aliphatic carboxylic acids is 1. The Labute approximate surface area is 130 Å². The quantitative estimate of drug-likeness (QED) is 0.704. The summed E-state index contributed by atoms with van der Waals surface area (Å²) in [4.78, 5) is 21.4. The van der Waals surface area contributed by atoms with E-state index in [1.807, 2.05) is 11.8 Å². The van der Waals surface area contributed by atoms with E-state index in [1.165, 1.54) is 32.1 Å². The number of rotatable bonds is 7. The molecule has 0 aromatic carbocycles. The molecular formula is C15H25NO4S. The maximum absolute atomic E-state index is 11.0. The van der Waals surface area contributed by atoms with Crippen molar-refractivity contribution in [2.24, 2.45) is 0 Å². The smallest absolute Gasteiger partial charge is 0.326 e. The molecule has 2 fully saturated rings. The van der Waals surface area contributed by atoms with Crippen molar-refractivity contribution >= 4 is 24.1 Å². The van der Waals surface area contributed by atoms with Gasteiger partial charge in [-0.1, -0.05) is 19.3 Å². The van der Waals surface area contributed by atoms with Crippen molar-refractivity contribution in [1.29, 1.82) is 0 Å². The Balaban J connectivity index is 1.75. The Morgan fingerprint density at radius 3 is 2.86 bits per heavy atom. The van der Waals surface area contributed by atoms with E-state index in [2.05, 4.69) is 5.32 Å². The predicted molar refractivity (Wildman–Crippen MR) is 82.5 cm³/mol. The fraction of sp³-hybridized carbons (Fsp3) is 0.867. The lowest BCUT2D eigenvalue weighted by atomic mass is 9.80. The summed E-state index contributed by atoms with van der Waals surface area (Å²) in [5.74, 6) is -0.197. The van der Waals surface area contributed by atoms with Crippen LogP contribution in [0, 0.1) is 0 Å². The summed E-state index contributed by atoms with van der Waals surface area (Å²) in [6.45, 7) is 0.826. The normalized spacial score (nSPS) is 26.2. The molecule has 1 saturated heterocycles. The minimum atomic E-state index is -0.960. The summed E-state index contributed by atoms with van der Waals surface area (Å²) < 4.78 is 6.07. The van der Waals surface area contributed by atoms with E-state index in [1.54, 1.807) is 0 Å². The van der Waals surface area contributed by atoms with Gasteiger partial charge >= 0.3 is 5.97 Å². The van der Waals surface area contributed by atoms with E-state index in [-0.39, 0.29) is 5.60 Å². The summed E-state index contributed by atoms with van der Waals surface area (Å²) in [7, 11) is 0. The number of hydrogen-bond acceptors (Lipinski definition) is 4. The highest BCUT2D eigenvalue weighted by Gasteiger charge is 2.38. The molecule has 2 unspecified atom stereocenters. The van der Waals surface area contributed by atoms with Crippen LogP contribution in [0.25, 0.3) is 0 Å². The first kappa shape index (κ1) is 16.6. The molecule has 2 N–H and O–H groups in total. The van der Waals surface area contributed by atoms with E-state index < -0.39 is 12.0 Å². The third-order valence-electron chi connectivity index (χ3n) is 4.54. The van der Waals surface area contributed by atoms with Crippen molar-refractivity contribution in [3.8, 4) is 0 Å². The highest BCUT2D eigenvalue weighted by Crippen LogP contribution is 2.41. The van der Waals surface area contributed by atoms with E-state index >= 15 is 0 Å². The van der Waals surface area contributed by atoms with Crippen LogP contribution >= 0.6 is 11.8 Å². The number of ether oxygens (including phenoxy) is 1. The first-order chi connectivity index (χ1) is 10.2. The van der Waals surface area contributed by atoms with Crippen molar-refractivity contribution in [2.45, 2.75) is 68.3 Å².